The molecule has 1 aromatic carbocycles. The fourth-order valence-corrected chi connectivity index (χ4v) is 2.94. The Bertz CT molecular complexity index is 368. The van der Waals surface area contributed by atoms with E-state index < -0.39 is 0 Å². The number of fused-ring (bicyclic) bond motifs is 1. The van der Waals surface area contributed by atoms with Gasteiger partial charge in [-0.15, -0.1) is 0 Å². The minimum atomic E-state index is -0.0118. The van der Waals surface area contributed by atoms with E-state index in [4.69, 9.17) is 5.73 Å². The summed E-state index contributed by atoms with van der Waals surface area (Å²) in [5, 5.41) is 0. The molecule has 1 aromatic rings. The van der Waals surface area contributed by atoms with Gasteiger partial charge in [-0.05, 0) is 56.1 Å². The standard InChI is InChI=1S/C16H25N/c1-3-16(2,17)12-14-10-5-4-8-13-9-6-7-11-15(13)14/h6-7,9,11,14H,3-5,8,10,12,17H2,1-2H3. The molecule has 2 atom stereocenters. The molecule has 1 heteroatoms. The molecular formula is C16H25N. The van der Waals surface area contributed by atoms with Crippen LogP contribution in [0.5, 0.6) is 0 Å². The van der Waals surface area contributed by atoms with Crippen LogP contribution < -0.4 is 5.73 Å². The van der Waals surface area contributed by atoms with Crippen molar-refractivity contribution in [2.24, 2.45) is 5.73 Å². The third-order valence-corrected chi connectivity index (χ3v) is 4.26. The summed E-state index contributed by atoms with van der Waals surface area (Å²) < 4.78 is 0. The first-order valence-corrected chi connectivity index (χ1v) is 6.99. The van der Waals surface area contributed by atoms with Crippen LogP contribution >= 0.6 is 0 Å². The van der Waals surface area contributed by atoms with Crippen LogP contribution in [0.1, 0.15) is 63.0 Å². The van der Waals surface area contributed by atoms with E-state index in [1.54, 1.807) is 11.1 Å². The molecule has 0 fully saturated rings. The highest BCUT2D eigenvalue weighted by atomic mass is 14.7. The topological polar surface area (TPSA) is 26.0 Å². The monoisotopic (exact) mass is 231 g/mol. The zero-order valence-electron chi connectivity index (χ0n) is 11.2. The van der Waals surface area contributed by atoms with Crippen LogP contribution in [0.3, 0.4) is 0 Å². The van der Waals surface area contributed by atoms with Crippen molar-refractivity contribution >= 4 is 0 Å². The van der Waals surface area contributed by atoms with E-state index >= 15 is 0 Å². The average molecular weight is 231 g/mol. The van der Waals surface area contributed by atoms with E-state index in [1.807, 2.05) is 0 Å². The van der Waals surface area contributed by atoms with Gasteiger partial charge < -0.3 is 5.73 Å². The Kier molecular flexibility index (Phi) is 3.88. The van der Waals surface area contributed by atoms with Gasteiger partial charge in [0.25, 0.3) is 0 Å². The maximum atomic E-state index is 6.36. The Morgan fingerprint density at radius 3 is 2.82 bits per heavy atom. The lowest BCUT2D eigenvalue weighted by Gasteiger charge is -2.29. The number of benzene rings is 1. The van der Waals surface area contributed by atoms with Crippen molar-refractivity contribution < 1.29 is 0 Å². The first-order valence-electron chi connectivity index (χ1n) is 6.99. The number of hydrogen-bond acceptors (Lipinski definition) is 1. The van der Waals surface area contributed by atoms with Crippen molar-refractivity contribution in [3.05, 3.63) is 35.4 Å². The summed E-state index contributed by atoms with van der Waals surface area (Å²) in [6.45, 7) is 4.39. The molecule has 0 radical (unpaired) electrons. The molecule has 0 aromatic heterocycles. The minimum absolute atomic E-state index is 0.0118. The summed E-state index contributed by atoms with van der Waals surface area (Å²) in [4.78, 5) is 0. The molecule has 0 heterocycles. The Balaban J connectivity index is 2.23. The van der Waals surface area contributed by atoms with Gasteiger partial charge in [-0.25, -0.2) is 0 Å². The van der Waals surface area contributed by atoms with Gasteiger partial charge in [0.05, 0.1) is 0 Å². The van der Waals surface area contributed by atoms with E-state index in [0.717, 1.165) is 12.8 Å². The zero-order valence-corrected chi connectivity index (χ0v) is 11.2. The molecule has 1 aliphatic rings. The minimum Gasteiger partial charge on any atom is -0.325 e. The van der Waals surface area contributed by atoms with Crippen molar-refractivity contribution in [2.75, 3.05) is 0 Å². The summed E-state index contributed by atoms with van der Waals surface area (Å²) in [5.74, 6) is 0.670. The van der Waals surface area contributed by atoms with E-state index in [2.05, 4.69) is 38.1 Å². The number of aryl methyl sites for hydroxylation is 1. The molecule has 2 rings (SSSR count). The lowest BCUT2D eigenvalue weighted by Crippen LogP contribution is -2.37. The lowest BCUT2D eigenvalue weighted by molar-refractivity contribution is 0.367. The Morgan fingerprint density at radius 2 is 2.06 bits per heavy atom. The second kappa shape index (κ2) is 5.22. The van der Waals surface area contributed by atoms with Gasteiger partial charge in [-0.1, -0.05) is 37.6 Å². The first-order chi connectivity index (χ1) is 8.12. The van der Waals surface area contributed by atoms with Crippen molar-refractivity contribution in [3.63, 3.8) is 0 Å². The number of hydrogen-bond donors (Lipinski definition) is 1. The molecule has 1 aliphatic carbocycles. The summed E-state index contributed by atoms with van der Waals surface area (Å²) in [5.41, 5.74) is 9.47. The summed E-state index contributed by atoms with van der Waals surface area (Å²) in [6, 6.07) is 8.96. The van der Waals surface area contributed by atoms with Crippen LogP contribution in [-0.4, -0.2) is 5.54 Å². The first kappa shape index (κ1) is 12.6. The van der Waals surface area contributed by atoms with Gasteiger partial charge in [0.1, 0.15) is 0 Å². The molecule has 2 unspecified atom stereocenters. The quantitative estimate of drug-likeness (QED) is 0.781. The van der Waals surface area contributed by atoms with Crippen molar-refractivity contribution in [1.29, 1.82) is 0 Å². The maximum Gasteiger partial charge on any atom is 0.0129 e. The normalized spacial score (nSPS) is 23.6. The molecular weight excluding hydrogens is 206 g/mol. The molecule has 0 aliphatic heterocycles. The molecule has 17 heavy (non-hydrogen) atoms. The smallest absolute Gasteiger partial charge is 0.0129 e. The molecule has 0 amide bonds. The number of rotatable bonds is 3. The molecule has 0 spiro atoms. The molecule has 2 N–H and O–H groups in total. The molecule has 94 valence electrons. The molecule has 1 nitrogen and oxygen atoms in total. The van der Waals surface area contributed by atoms with E-state index in [9.17, 15) is 0 Å². The number of nitrogens with two attached hydrogens (primary N) is 1. The van der Waals surface area contributed by atoms with E-state index in [-0.39, 0.29) is 5.54 Å². The lowest BCUT2D eigenvalue weighted by atomic mass is 9.81. The molecule has 0 bridgehead atoms. The van der Waals surface area contributed by atoms with E-state index in [1.165, 1.54) is 25.7 Å². The van der Waals surface area contributed by atoms with E-state index in [0.29, 0.717) is 5.92 Å². The van der Waals surface area contributed by atoms with Gasteiger partial charge in [0.2, 0.25) is 0 Å². The summed E-state index contributed by atoms with van der Waals surface area (Å²) in [7, 11) is 0. The van der Waals surface area contributed by atoms with Crippen molar-refractivity contribution in [1.82, 2.24) is 0 Å². The Morgan fingerprint density at radius 1 is 1.29 bits per heavy atom. The average Bonchev–Trinajstić information content (AvgIpc) is 2.52. The second-order valence-corrected chi connectivity index (χ2v) is 5.85. The maximum absolute atomic E-state index is 6.36. The predicted octanol–water partition coefficient (Wildman–Crippen LogP) is 4.01. The fourth-order valence-electron chi connectivity index (χ4n) is 2.94. The Hall–Kier alpha value is -0.820. The highest BCUT2D eigenvalue weighted by Gasteiger charge is 2.25. The second-order valence-electron chi connectivity index (χ2n) is 5.85. The van der Waals surface area contributed by atoms with Crippen LogP contribution in [-0.2, 0) is 6.42 Å². The van der Waals surface area contributed by atoms with Gasteiger partial charge in [-0.2, -0.15) is 0 Å². The van der Waals surface area contributed by atoms with Crippen LogP contribution in [0, 0.1) is 0 Å². The van der Waals surface area contributed by atoms with Gasteiger partial charge >= 0.3 is 0 Å². The van der Waals surface area contributed by atoms with Crippen molar-refractivity contribution in [3.8, 4) is 0 Å². The van der Waals surface area contributed by atoms with Crippen LogP contribution in [0.2, 0.25) is 0 Å². The van der Waals surface area contributed by atoms with Crippen molar-refractivity contribution in [2.45, 2.75) is 63.8 Å². The highest BCUT2D eigenvalue weighted by molar-refractivity contribution is 5.31. The fraction of sp³-hybridized carbons (Fsp3) is 0.625. The highest BCUT2D eigenvalue weighted by Crippen LogP contribution is 2.36. The SMILES string of the molecule is CCC(C)(N)CC1CCCCc2ccccc21. The summed E-state index contributed by atoms with van der Waals surface area (Å²) >= 11 is 0. The van der Waals surface area contributed by atoms with Gasteiger partial charge in [0.15, 0.2) is 0 Å². The third-order valence-electron chi connectivity index (χ3n) is 4.26. The Labute approximate surface area is 105 Å². The predicted molar refractivity (Wildman–Crippen MR) is 74.2 cm³/mol. The van der Waals surface area contributed by atoms with Crippen LogP contribution in [0.4, 0.5) is 0 Å². The van der Waals surface area contributed by atoms with Crippen LogP contribution in [0.25, 0.3) is 0 Å². The largest absolute Gasteiger partial charge is 0.325 e. The zero-order chi connectivity index (χ0) is 12.3. The molecule has 0 saturated heterocycles. The van der Waals surface area contributed by atoms with Gasteiger partial charge in [-0.3, -0.25) is 0 Å². The van der Waals surface area contributed by atoms with Gasteiger partial charge in [0, 0.05) is 5.54 Å². The summed E-state index contributed by atoms with van der Waals surface area (Å²) in [6.07, 6.45) is 7.43. The molecule has 0 saturated carbocycles. The third kappa shape index (κ3) is 3.10. The van der Waals surface area contributed by atoms with Crippen LogP contribution in [0.15, 0.2) is 24.3 Å².